The number of aromatic nitrogens is 1. The third-order valence-electron chi connectivity index (χ3n) is 4.29. The molecule has 2 N–H and O–H groups in total. The van der Waals surface area contributed by atoms with Crippen LogP contribution in [0.5, 0.6) is 0 Å². The molecule has 0 unspecified atom stereocenters. The Morgan fingerprint density at radius 3 is 2.48 bits per heavy atom. The van der Waals surface area contributed by atoms with Crippen LogP contribution in [0.3, 0.4) is 0 Å². The van der Waals surface area contributed by atoms with Gasteiger partial charge in [0.25, 0.3) is 0 Å². The van der Waals surface area contributed by atoms with Crippen LogP contribution in [0, 0.1) is 5.41 Å². The maximum absolute atomic E-state index is 11.7. The highest BCUT2D eigenvalue weighted by Crippen LogP contribution is 2.40. The Hall–Kier alpha value is -1.14. The topological polar surface area (TPSA) is 79.3 Å². The Labute approximate surface area is 126 Å². The van der Waals surface area contributed by atoms with Crippen LogP contribution in [0.4, 0.5) is 5.82 Å². The van der Waals surface area contributed by atoms with Crippen LogP contribution >= 0.6 is 0 Å². The second-order valence-corrected chi connectivity index (χ2v) is 8.85. The fourth-order valence-corrected chi connectivity index (χ4v) is 3.44. The van der Waals surface area contributed by atoms with Crippen molar-refractivity contribution in [2.45, 2.75) is 50.0 Å². The lowest BCUT2D eigenvalue weighted by molar-refractivity contribution is -0.0146. The zero-order valence-corrected chi connectivity index (χ0v) is 13.7. The van der Waals surface area contributed by atoms with Gasteiger partial charge >= 0.3 is 0 Å². The van der Waals surface area contributed by atoms with Gasteiger partial charge in [-0.25, -0.2) is 13.4 Å². The third-order valence-corrected chi connectivity index (χ3v) is 5.42. The zero-order valence-electron chi connectivity index (χ0n) is 12.9. The highest BCUT2D eigenvalue weighted by Gasteiger charge is 2.36. The Balaban J connectivity index is 2.08. The molecule has 1 aliphatic carbocycles. The molecule has 0 atom stereocenters. The average Bonchev–Trinajstić information content (AvgIpc) is 2.40. The van der Waals surface area contributed by atoms with E-state index < -0.39 is 15.4 Å². The molecule has 0 aliphatic heterocycles. The summed E-state index contributed by atoms with van der Waals surface area (Å²) in [5.74, 6) is 0.318. The zero-order chi connectivity index (χ0) is 15.7. The molecule has 0 aromatic carbocycles. The van der Waals surface area contributed by atoms with Gasteiger partial charge in [0.2, 0.25) is 0 Å². The minimum absolute atomic E-state index is 0.171. The molecule has 0 amide bonds. The Bertz CT molecular complexity index is 601. The van der Waals surface area contributed by atoms with Crippen molar-refractivity contribution in [2.24, 2.45) is 5.41 Å². The summed E-state index contributed by atoms with van der Waals surface area (Å²) in [6, 6.07) is 3.12. The maximum Gasteiger partial charge on any atom is 0.179 e. The van der Waals surface area contributed by atoms with Gasteiger partial charge in [-0.1, -0.05) is 13.8 Å². The SMILES string of the molecule is CC1(C)CCC(O)(CNc2ncccc2S(C)(=O)=O)CC1. The van der Waals surface area contributed by atoms with Crippen molar-refractivity contribution < 1.29 is 13.5 Å². The van der Waals surface area contributed by atoms with Crippen molar-refractivity contribution in [3.05, 3.63) is 18.3 Å². The van der Waals surface area contributed by atoms with Gasteiger partial charge in [-0.05, 0) is 43.2 Å². The minimum Gasteiger partial charge on any atom is -0.388 e. The molecule has 6 heteroatoms. The van der Waals surface area contributed by atoms with E-state index in [0.717, 1.165) is 19.1 Å². The molecule has 0 bridgehead atoms. The summed E-state index contributed by atoms with van der Waals surface area (Å²) in [6.07, 6.45) is 6.07. The molecule has 0 spiro atoms. The lowest BCUT2D eigenvalue weighted by Gasteiger charge is -2.40. The van der Waals surface area contributed by atoms with E-state index in [4.69, 9.17) is 0 Å². The van der Waals surface area contributed by atoms with E-state index in [2.05, 4.69) is 24.1 Å². The number of nitrogens with one attached hydrogen (secondary N) is 1. The molecule has 1 saturated carbocycles. The lowest BCUT2D eigenvalue weighted by atomic mass is 9.71. The van der Waals surface area contributed by atoms with Gasteiger partial charge in [-0.15, -0.1) is 0 Å². The van der Waals surface area contributed by atoms with Crippen molar-refractivity contribution >= 4 is 15.7 Å². The van der Waals surface area contributed by atoms with Gasteiger partial charge in [0.15, 0.2) is 9.84 Å². The van der Waals surface area contributed by atoms with E-state index in [0.29, 0.717) is 25.2 Å². The first-order chi connectivity index (χ1) is 9.61. The van der Waals surface area contributed by atoms with Gasteiger partial charge in [0.1, 0.15) is 10.7 Å². The van der Waals surface area contributed by atoms with E-state index in [1.165, 1.54) is 6.07 Å². The van der Waals surface area contributed by atoms with Crippen molar-refractivity contribution in [2.75, 3.05) is 18.1 Å². The minimum atomic E-state index is -3.33. The molecular formula is C15H24N2O3S. The molecule has 0 radical (unpaired) electrons. The van der Waals surface area contributed by atoms with Gasteiger partial charge < -0.3 is 10.4 Å². The molecular weight excluding hydrogens is 288 g/mol. The van der Waals surface area contributed by atoms with Gasteiger partial charge in [-0.3, -0.25) is 0 Å². The summed E-state index contributed by atoms with van der Waals surface area (Å²) in [4.78, 5) is 4.26. The molecule has 1 fully saturated rings. The van der Waals surface area contributed by atoms with E-state index in [1.54, 1.807) is 12.3 Å². The van der Waals surface area contributed by atoms with Crippen LogP contribution in [-0.2, 0) is 9.84 Å². The summed E-state index contributed by atoms with van der Waals surface area (Å²) < 4.78 is 23.5. The molecule has 0 saturated heterocycles. The molecule has 1 aliphatic rings. The van der Waals surface area contributed by atoms with Crippen molar-refractivity contribution in [3.63, 3.8) is 0 Å². The van der Waals surface area contributed by atoms with Crippen molar-refractivity contribution in [3.8, 4) is 0 Å². The standard InChI is InChI=1S/C15H24N2O3S/c1-14(2)6-8-15(18,9-7-14)11-17-13-12(21(3,19)20)5-4-10-16-13/h4-5,10,18H,6-9,11H2,1-3H3,(H,16,17). The number of pyridine rings is 1. The smallest absolute Gasteiger partial charge is 0.179 e. The van der Waals surface area contributed by atoms with E-state index in [-0.39, 0.29) is 10.3 Å². The number of sulfone groups is 1. The van der Waals surface area contributed by atoms with Gasteiger partial charge in [0.05, 0.1) is 5.60 Å². The Morgan fingerprint density at radius 2 is 1.90 bits per heavy atom. The molecule has 2 rings (SSSR count). The second-order valence-electron chi connectivity index (χ2n) is 6.86. The maximum atomic E-state index is 11.7. The third kappa shape index (κ3) is 4.17. The predicted octanol–water partition coefficient (Wildman–Crippen LogP) is 2.23. The monoisotopic (exact) mass is 312 g/mol. The summed E-state index contributed by atoms with van der Waals surface area (Å²) in [6.45, 7) is 4.74. The number of rotatable bonds is 4. The Kier molecular flexibility index (Phi) is 4.31. The Morgan fingerprint density at radius 1 is 1.29 bits per heavy atom. The summed E-state index contributed by atoms with van der Waals surface area (Å²) in [5.41, 5.74) is -0.517. The van der Waals surface area contributed by atoms with Crippen LogP contribution < -0.4 is 5.32 Å². The number of aliphatic hydroxyl groups is 1. The predicted molar refractivity (Wildman–Crippen MR) is 83.0 cm³/mol. The largest absolute Gasteiger partial charge is 0.388 e. The molecule has 1 aromatic heterocycles. The van der Waals surface area contributed by atoms with Crippen molar-refractivity contribution in [1.29, 1.82) is 0 Å². The highest BCUT2D eigenvalue weighted by molar-refractivity contribution is 7.90. The van der Waals surface area contributed by atoms with E-state index >= 15 is 0 Å². The number of hydrogen-bond acceptors (Lipinski definition) is 5. The second kappa shape index (κ2) is 5.57. The highest BCUT2D eigenvalue weighted by atomic mass is 32.2. The van der Waals surface area contributed by atoms with Gasteiger partial charge in [-0.2, -0.15) is 0 Å². The first kappa shape index (κ1) is 16.2. The molecule has 118 valence electrons. The summed E-state index contributed by atoms with van der Waals surface area (Å²) in [7, 11) is -3.33. The number of anilines is 1. The van der Waals surface area contributed by atoms with Gasteiger partial charge in [0, 0.05) is 19.0 Å². The first-order valence-electron chi connectivity index (χ1n) is 7.23. The fourth-order valence-electron chi connectivity index (χ4n) is 2.64. The molecule has 21 heavy (non-hydrogen) atoms. The van der Waals surface area contributed by atoms with E-state index in [9.17, 15) is 13.5 Å². The van der Waals surface area contributed by atoms with Crippen LogP contribution in [-0.4, -0.2) is 36.9 Å². The normalized spacial score (nSPS) is 21.0. The van der Waals surface area contributed by atoms with Crippen LogP contribution in [0.1, 0.15) is 39.5 Å². The molecule has 1 heterocycles. The quantitative estimate of drug-likeness (QED) is 0.891. The van der Waals surface area contributed by atoms with Crippen LogP contribution in [0.15, 0.2) is 23.2 Å². The average molecular weight is 312 g/mol. The fraction of sp³-hybridized carbons (Fsp3) is 0.667. The van der Waals surface area contributed by atoms with Crippen LogP contribution in [0.2, 0.25) is 0 Å². The lowest BCUT2D eigenvalue weighted by Crippen LogP contribution is -2.42. The summed E-state index contributed by atoms with van der Waals surface area (Å²) in [5, 5.41) is 13.6. The van der Waals surface area contributed by atoms with Crippen molar-refractivity contribution in [1.82, 2.24) is 4.98 Å². The number of nitrogens with zero attached hydrogens (tertiary/aromatic N) is 1. The van der Waals surface area contributed by atoms with Crippen LogP contribution in [0.25, 0.3) is 0 Å². The molecule has 1 aromatic rings. The number of hydrogen-bond donors (Lipinski definition) is 2. The first-order valence-corrected chi connectivity index (χ1v) is 9.12. The summed E-state index contributed by atoms with van der Waals surface area (Å²) >= 11 is 0. The molecule has 5 nitrogen and oxygen atoms in total. The van der Waals surface area contributed by atoms with E-state index in [1.807, 2.05) is 0 Å².